The number of hydrogen-bond donors (Lipinski definition) is 1. The summed E-state index contributed by atoms with van der Waals surface area (Å²) in [4.78, 5) is 27.1. The highest BCUT2D eigenvalue weighted by Gasteiger charge is 2.11. The second-order valence-electron chi connectivity index (χ2n) is 4.82. The van der Waals surface area contributed by atoms with E-state index in [1.54, 1.807) is 11.5 Å². The Morgan fingerprint density at radius 3 is 2.86 bits per heavy atom. The Hall–Kier alpha value is -2.89. The van der Waals surface area contributed by atoms with Gasteiger partial charge in [-0.05, 0) is 19.1 Å². The molecule has 0 aliphatic carbocycles. The fourth-order valence-corrected chi connectivity index (χ4v) is 2.24. The van der Waals surface area contributed by atoms with E-state index in [1.165, 1.54) is 12.3 Å². The lowest BCUT2D eigenvalue weighted by Crippen LogP contribution is -2.19. The van der Waals surface area contributed by atoms with Gasteiger partial charge in [0.2, 0.25) is 0 Å². The summed E-state index contributed by atoms with van der Waals surface area (Å²) < 4.78 is 3.61. The molecule has 3 rings (SSSR count). The summed E-state index contributed by atoms with van der Waals surface area (Å²) >= 11 is 0. The molecule has 0 aliphatic heterocycles. The van der Waals surface area contributed by atoms with E-state index in [0.29, 0.717) is 12.2 Å². The number of carboxylic acids is 1. The Morgan fingerprint density at radius 1 is 1.33 bits per heavy atom. The molecule has 0 saturated carbocycles. The number of nitrogens with zero attached hydrogens (tertiary/aromatic N) is 3. The molecule has 6 heteroatoms. The van der Waals surface area contributed by atoms with Gasteiger partial charge in [0.25, 0.3) is 0 Å². The Labute approximate surface area is 119 Å². The van der Waals surface area contributed by atoms with Gasteiger partial charge in [-0.1, -0.05) is 6.07 Å². The van der Waals surface area contributed by atoms with E-state index in [-0.39, 0.29) is 5.56 Å². The van der Waals surface area contributed by atoms with Crippen LogP contribution < -0.4 is 5.43 Å². The average Bonchev–Trinajstić information content (AvgIpc) is 2.83. The molecular formula is C15H13N3O3. The van der Waals surface area contributed by atoms with Gasteiger partial charge in [0.1, 0.15) is 11.2 Å². The summed E-state index contributed by atoms with van der Waals surface area (Å²) in [5.74, 6) is -1.22. The SMILES string of the molecule is Cc1cc(=O)c(C(=O)O)cn1Cc1cn2ccccc2n1. The molecule has 21 heavy (non-hydrogen) atoms. The van der Waals surface area contributed by atoms with Gasteiger partial charge in [-0.15, -0.1) is 0 Å². The van der Waals surface area contributed by atoms with Gasteiger partial charge in [0, 0.05) is 30.4 Å². The van der Waals surface area contributed by atoms with Crippen molar-refractivity contribution in [3.05, 3.63) is 70.0 Å². The molecule has 0 fully saturated rings. The van der Waals surface area contributed by atoms with Gasteiger partial charge in [0.05, 0.1) is 12.2 Å². The van der Waals surface area contributed by atoms with Crippen LogP contribution in [0.15, 0.2) is 47.7 Å². The molecule has 0 radical (unpaired) electrons. The number of rotatable bonds is 3. The van der Waals surface area contributed by atoms with Crippen molar-refractivity contribution in [1.82, 2.24) is 14.0 Å². The first-order valence-electron chi connectivity index (χ1n) is 6.41. The second kappa shape index (κ2) is 4.90. The largest absolute Gasteiger partial charge is 0.477 e. The van der Waals surface area contributed by atoms with E-state index in [2.05, 4.69) is 4.98 Å². The van der Waals surface area contributed by atoms with Crippen LogP contribution in [-0.4, -0.2) is 25.0 Å². The third kappa shape index (κ3) is 2.43. The van der Waals surface area contributed by atoms with E-state index < -0.39 is 11.4 Å². The zero-order valence-electron chi connectivity index (χ0n) is 11.4. The van der Waals surface area contributed by atoms with Crippen molar-refractivity contribution in [2.45, 2.75) is 13.5 Å². The number of fused-ring (bicyclic) bond motifs is 1. The fourth-order valence-electron chi connectivity index (χ4n) is 2.24. The van der Waals surface area contributed by atoms with E-state index in [0.717, 1.165) is 11.3 Å². The number of aromatic carboxylic acids is 1. The lowest BCUT2D eigenvalue weighted by atomic mass is 10.2. The van der Waals surface area contributed by atoms with Crippen LogP contribution in [-0.2, 0) is 6.54 Å². The molecule has 3 aromatic heterocycles. The van der Waals surface area contributed by atoms with Crippen LogP contribution in [0, 0.1) is 6.92 Å². The van der Waals surface area contributed by atoms with Crippen molar-refractivity contribution in [1.29, 1.82) is 0 Å². The molecule has 0 aromatic carbocycles. The minimum Gasteiger partial charge on any atom is -0.477 e. The summed E-state index contributed by atoms with van der Waals surface area (Å²) in [6.07, 6.45) is 5.14. The number of pyridine rings is 2. The van der Waals surface area contributed by atoms with Crippen LogP contribution in [0.1, 0.15) is 21.7 Å². The van der Waals surface area contributed by atoms with Crippen molar-refractivity contribution >= 4 is 11.6 Å². The number of carboxylic acid groups (broad SMARTS) is 1. The second-order valence-corrected chi connectivity index (χ2v) is 4.82. The smallest absolute Gasteiger partial charge is 0.341 e. The molecule has 0 spiro atoms. The molecule has 0 atom stereocenters. The first-order valence-corrected chi connectivity index (χ1v) is 6.41. The summed E-state index contributed by atoms with van der Waals surface area (Å²) in [7, 11) is 0. The first kappa shape index (κ1) is 13.1. The molecule has 6 nitrogen and oxygen atoms in total. The molecule has 1 N–H and O–H groups in total. The highest BCUT2D eigenvalue weighted by molar-refractivity contribution is 5.87. The number of aromatic nitrogens is 3. The summed E-state index contributed by atoms with van der Waals surface area (Å²) in [5, 5.41) is 9.03. The zero-order valence-corrected chi connectivity index (χ0v) is 11.4. The standard InChI is InChI=1S/C15H13N3O3/c1-10-6-13(19)12(15(20)21)9-18(10)8-11-7-17-5-3-2-4-14(17)16-11/h2-7,9H,8H2,1H3,(H,20,21). The maximum atomic E-state index is 11.6. The van der Waals surface area contributed by atoms with Gasteiger partial charge in [-0.25, -0.2) is 9.78 Å². The molecule has 0 saturated heterocycles. The predicted octanol–water partition coefficient (Wildman–Crippen LogP) is 1.55. The molecule has 0 aliphatic rings. The van der Waals surface area contributed by atoms with Gasteiger partial charge in [-0.3, -0.25) is 4.79 Å². The molecular weight excluding hydrogens is 270 g/mol. The zero-order chi connectivity index (χ0) is 15.0. The third-order valence-corrected chi connectivity index (χ3v) is 3.32. The summed E-state index contributed by atoms with van der Waals surface area (Å²) in [5.41, 5.74) is 1.60. The average molecular weight is 283 g/mol. The Bertz CT molecular complexity index is 860. The maximum Gasteiger partial charge on any atom is 0.341 e. The van der Waals surface area contributed by atoms with Crippen LogP contribution >= 0.6 is 0 Å². The molecule has 0 bridgehead atoms. The van der Waals surface area contributed by atoms with Gasteiger partial charge in [-0.2, -0.15) is 0 Å². The van der Waals surface area contributed by atoms with Gasteiger partial charge >= 0.3 is 5.97 Å². The number of aryl methyl sites for hydroxylation is 1. The maximum absolute atomic E-state index is 11.6. The van der Waals surface area contributed by atoms with Crippen molar-refractivity contribution < 1.29 is 9.90 Å². The summed E-state index contributed by atoms with van der Waals surface area (Å²) in [6, 6.07) is 7.04. The van der Waals surface area contributed by atoms with E-state index in [1.807, 2.05) is 35.0 Å². The topological polar surface area (TPSA) is 76.6 Å². The van der Waals surface area contributed by atoms with Gasteiger partial charge in [0.15, 0.2) is 5.43 Å². The normalized spacial score (nSPS) is 10.9. The number of imidazole rings is 1. The van der Waals surface area contributed by atoms with Crippen molar-refractivity contribution in [3.8, 4) is 0 Å². The van der Waals surface area contributed by atoms with E-state index >= 15 is 0 Å². The molecule has 0 amide bonds. The first-order chi connectivity index (χ1) is 10.0. The quantitative estimate of drug-likeness (QED) is 0.791. The molecule has 3 aromatic rings. The van der Waals surface area contributed by atoms with Crippen LogP contribution in [0.2, 0.25) is 0 Å². The van der Waals surface area contributed by atoms with Gasteiger partial charge < -0.3 is 14.1 Å². The number of carbonyl (C=O) groups is 1. The lowest BCUT2D eigenvalue weighted by molar-refractivity contribution is 0.0694. The Balaban J connectivity index is 2.02. The fraction of sp³-hybridized carbons (Fsp3) is 0.133. The monoisotopic (exact) mass is 283 g/mol. The minimum atomic E-state index is -1.22. The number of hydrogen-bond acceptors (Lipinski definition) is 3. The van der Waals surface area contributed by atoms with E-state index in [9.17, 15) is 9.59 Å². The Morgan fingerprint density at radius 2 is 2.14 bits per heavy atom. The van der Waals surface area contributed by atoms with Crippen LogP contribution in [0.5, 0.6) is 0 Å². The van der Waals surface area contributed by atoms with Crippen LogP contribution in [0.3, 0.4) is 0 Å². The van der Waals surface area contributed by atoms with E-state index in [4.69, 9.17) is 5.11 Å². The Kier molecular flexibility index (Phi) is 3.06. The van der Waals surface area contributed by atoms with Crippen LogP contribution in [0.4, 0.5) is 0 Å². The molecule has 0 unspecified atom stereocenters. The summed E-state index contributed by atoms with van der Waals surface area (Å²) in [6.45, 7) is 2.18. The highest BCUT2D eigenvalue weighted by Crippen LogP contribution is 2.08. The van der Waals surface area contributed by atoms with Crippen LogP contribution in [0.25, 0.3) is 5.65 Å². The van der Waals surface area contributed by atoms with Crippen molar-refractivity contribution in [2.24, 2.45) is 0 Å². The predicted molar refractivity (Wildman–Crippen MR) is 76.7 cm³/mol. The van der Waals surface area contributed by atoms with Crippen molar-refractivity contribution in [2.75, 3.05) is 0 Å². The highest BCUT2D eigenvalue weighted by atomic mass is 16.4. The molecule has 3 heterocycles. The third-order valence-electron chi connectivity index (χ3n) is 3.32. The lowest BCUT2D eigenvalue weighted by Gasteiger charge is -2.09. The molecule has 106 valence electrons. The van der Waals surface area contributed by atoms with Crippen molar-refractivity contribution in [3.63, 3.8) is 0 Å². The minimum absolute atomic E-state index is 0.232.